The third-order valence-electron chi connectivity index (χ3n) is 1.85. The van der Waals surface area contributed by atoms with Crippen molar-refractivity contribution in [3.63, 3.8) is 0 Å². The molecule has 11 heavy (non-hydrogen) atoms. The quantitative estimate of drug-likeness (QED) is 0.713. The topological polar surface area (TPSA) is 24.1 Å². The molecule has 1 fully saturated rings. The fraction of sp³-hybridized carbons (Fsp3) is 1.00. The molecule has 1 atom stereocenters. The van der Waals surface area contributed by atoms with Crippen LogP contribution in [0.25, 0.3) is 0 Å². The second-order valence-electron chi connectivity index (χ2n) is 2.67. The highest BCUT2D eigenvalue weighted by Crippen LogP contribution is 2.04. The zero-order chi connectivity index (χ0) is 6.53. The van der Waals surface area contributed by atoms with Gasteiger partial charge >= 0.3 is 0 Å². The van der Waals surface area contributed by atoms with Gasteiger partial charge < -0.3 is 10.6 Å². The van der Waals surface area contributed by atoms with E-state index in [1.54, 1.807) is 0 Å². The van der Waals surface area contributed by atoms with Crippen LogP contribution in [0, 0.1) is 5.92 Å². The van der Waals surface area contributed by atoms with Crippen LogP contribution in [0.1, 0.15) is 13.3 Å². The van der Waals surface area contributed by atoms with Gasteiger partial charge in [-0.1, -0.05) is 6.92 Å². The predicted octanol–water partition coefficient (Wildman–Crippen LogP) is 1.05. The molecule has 0 aliphatic carbocycles. The van der Waals surface area contributed by atoms with E-state index in [1.807, 2.05) is 0 Å². The molecule has 1 heterocycles. The lowest BCUT2D eigenvalue weighted by Crippen LogP contribution is -2.23. The van der Waals surface area contributed by atoms with E-state index in [0.29, 0.717) is 0 Å². The Kier molecular flexibility index (Phi) is 11.0. The van der Waals surface area contributed by atoms with Crippen molar-refractivity contribution in [2.45, 2.75) is 13.3 Å². The molecule has 0 spiro atoms. The minimum absolute atomic E-state index is 0. The van der Waals surface area contributed by atoms with Gasteiger partial charge in [-0.15, -0.1) is 24.8 Å². The second kappa shape index (κ2) is 8.60. The van der Waals surface area contributed by atoms with Crippen molar-refractivity contribution in [3.8, 4) is 0 Å². The normalized spacial score (nSPS) is 22.1. The summed E-state index contributed by atoms with van der Waals surface area (Å²) in [5.74, 6) is 0.893. The van der Waals surface area contributed by atoms with Crippen LogP contribution >= 0.6 is 24.8 Å². The molecule has 70 valence electrons. The van der Waals surface area contributed by atoms with E-state index < -0.39 is 0 Å². The standard InChI is InChI=1S/C7H16N2.2ClH/c1-2-8-5-7-3-4-9-6-7;;/h7-9H,2-6H2,1H3;2*1H/t7-;;/m1../s1. The summed E-state index contributed by atoms with van der Waals surface area (Å²) in [6.07, 6.45) is 1.35. The minimum Gasteiger partial charge on any atom is -0.317 e. The average Bonchev–Trinajstić information content (AvgIpc) is 2.34. The summed E-state index contributed by atoms with van der Waals surface area (Å²) in [5, 5.41) is 6.69. The summed E-state index contributed by atoms with van der Waals surface area (Å²) in [6, 6.07) is 0. The van der Waals surface area contributed by atoms with E-state index in [4.69, 9.17) is 0 Å². The fourth-order valence-electron chi connectivity index (χ4n) is 1.24. The SMILES string of the molecule is CCNC[C@H]1CCNC1.Cl.Cl. The van der Waals surface area contributed by atoms with Crippen LogP contribution in [0.3, 0.4) is 0 Å². The molecule has 0 amide bonds. The molecule has 1 rings (SSSR count). The molecule has 0 aromatic rings. The van der Waals surface area contributed by atoms with E-state index in [0.717, 1.165) is 12.5 Å². The van der Waals surface area contributed by atoms with Crippen LogP contribution in [0.4, 0.5) is 0 Å². The van der Waals surface area contributed by atoms with Gasteiger partial charge in [0.25, 0.3) is 0 Å². The Balaban J connectivity index is 0. The minimum atomic E-state index is 0. The van der Waals surface area contributed by atoms with Gasteiger partial charge in [-0.25, -0.2) is 0 Å². The third kappa shape index (κ3) is 5.74. The van der Waals surface area contributed by atoms with Gasteiger partial charge in [0.05, 0.1) is 0 Å². The van der Waals surface area contributed by atoms with Crippen molar-refractivity contribution in [1.82, 2.24) is 10.6 Å². The molecule has 1 aliphatic rings. The smallest absolute Gasteiger partial charge is 0.000790 e. The number of halogens is 2. The van der Waals surface area contributed by atoms with E-state index in [-0.39, 0.29) is 24.8 Å². The summed E-state index contributed by atoms with van der Waals surface area (Å²) in [4.78, 5) is 0. The van der Waals surface area contributed by atoms with Crippen LogP contribution in [-0.2, 0) is 0 Å². The average molecular weight is 201 g/mol. The highest BCUT2D eigenvalue weighted by molar-refractivity contribution is 5.85. The summed E-state index contributed by atoms with van der Waals surface area (Å²) < 4.78 is 0. The van der Waals surface area contributed by atoms with Gasteiger partial charge in [-0.2, -0.15) is 0 Å². The van der Waals surface area contributed by atoms with Gasteiger partial charge in [0, 0.05) is 0 Å². The van der Waals surface area contributed by atoms with E-state index in [9.17, 15) is 0 Å². The summed E-state index contributed by atoms with van der Waals surface area (Å²) in [6.45, 7) is 6.89. The van der Waals surface area contributed by atoms with Gasteiger partial charge in [-0.05, 0) is 38.5 Å². The van der Waals surface area contributed by atoms with Crippen molar-refractivity contribution < 1.29 is 0 Å². The zero-order valence-electron chi connectivity index (χ0n) is 6.93. The third-order valence-corrected chi connectivity index (χ3v) is 1.85. The first-order chi connectivity index (χ1) is 4.43. The highest BCUT2D eigenvalue weighted by atomic mass is 35.5. The van der Waals surface area contributed by atoms with Gasteiger partial charge in [0.1, 0.15) is 0 Å². The second-order valence-corrected chi connectivity index (χ2v) is 2.67. The first-order valence-electron chi connectivity index (χ1n) is 3.85. The van der Waals surface area contributed by atoms with E-state index in [1.165, 1.54) is 26.1 Å². The molecule has 1 saturated heterocycles. The lowest BCUT2D eigenvalue weighted by atomic mass is 10.1. The fourth-order valence-corrected chi connectivity index (χ4v) is 1.24. The first-order valence-corrected chi connectivity index (χ1v) is 3.85. The molecular weight excluding hydrogens is 183 g/mol. The Morgan fingerprint density at radius 3 is 2.64 bits per heavy atom. The zero-order valence-corrected chi connectivity index (χ0v) is 8.56. The molecule has 0 bridgehead atoms. The van der Waals surface area contributed by atoms with Crippen molar-refractivity contribution in [1.29, 1.82) is 0 Å². The van der Waals surface area contributed by atoms with Crippen LogP contribution < -0.4 is 10.6 Å². The monoisotopic (exact) mass is 200 g/mol. The molecule has 0 saturated carbocycles. The number of rotatable bonds is 3. The molecule has 2 nitrogen and oxygen atoms in total. The Morgan fingerprint density at radius 2 is 2.18 bits per heavy atom. The molecular formula is C7H18Cl2N2. The summed E-state index contributed by atoms with van der Waals surface area (Å²) in [5.41, 5.74) is 0. The molecule has 0 aromatic heterocycles. The Hall–Kier alpha value is 0.500. The maximum Gasteiger partial charge on any atom is -0.000790 e. The lowest BCUT2D eigenvalue weighted by molar-refractivity contribution is 0.523. The van der Waals surface area contributed by atoms with Crippen LogP contribution in [0.5, 0.6) is 0 Å². The Bertz CT molecular complexity index is 74.8. The summed E-state index contributed by atoms with van der Waals surface area (Å²) in [7, 11) is 0. The molecule has 0 radical (unpaired) electrons. The van der Waals surface area contributed by atoms with Crippen molar-refractivity contribution in [2.24, 2.45) is 5.92 Å². The molecule has 1 aliphatic heterocycles. The number of hydrogen-bond donors (Lipinski definition) is 2. The Morgan fingerprint density at radius 1 is 1.45 bits per heavy atom. The van der Waals surface area contributed by atoms with E-state index >= 15 is 0 Å². The van der Waals surface area contributed by atoms with E-state index in [2.05, 4.69) is 17.6 Å². The maximum atomic E-state index is 3.35. The molecule has 4 heteroatoms. The van der Waals surface area contributed by atoms with Crippen molar-refractivity contribution >= 4 is 24.8 Å². The molecule has 0 aromatic carbocycles. The van der Waals surface area contributed by atoms with Gasteiger partial charge in [0.15, 0.2) is 0 Å². The maximum absolute atomic E-state index is 3.35. The summed E-state index contributed by atoms with van der Waals surface area (Å²) >= 11 is 0. The largest absolute Gasteiger partial charge is 0.317 e. The van der Waals surface area contributed by atoms with Crippen LogP contribution in [0.15, 0.2) is 0 Å². The van der Waals surface area contributed by atoms with Crippen molar-refractivity contribution in [2.75, 3.05) is 26.2 Å². The number of hydrogen-bond acceptors (Lipinski definition) is 2. The van der Waals surface area contributed by atoms with Gasteiger partial charge in [0.2, 0.25) is 0 Å². The van der Waals surface area contributed by atoms with Crippen LogP contribution in [-0.4, -0.2) is 26.2 Å². The van der Waals surface area contributed by atoms with Crippen LogP contribution in [0.2, 0.25) is 0 Å². The predicted molar refractivity (Wildman–Crippen MR) is 54.0 cm³/mol. The highest BCUT2D eigenvalue weighted by Gasteiger charge is 2.12. The lowest BCUT2D eigenvalue weighted by Gasteiger charge is -2.06. The molecule has 2 N–H and O–H groups in total. The molecule has 0 unspecified atom stereocenters. The Labute approximate surface area is 81.3 Å². The first kappa shape index (κ1) is 14.0. The number of nitrogens with one attached hydrogen (secondary N) is 2. The van der Waals surface area contributed by atoms with Gasteiger partial charge in [-0.3, -0.25) is 0 Å². The van der Waals surface area contributed by atoms with Crippen molar-refractivity contribution in [3.05, 3.63) is 0 Å².